The van der Waals surface area contributed by atoms with E-state index in [-0.39, 0.29) is 74.7 Å². The maximum Gasteiger partial charge on any atom is 0.270 e. The highest BCUT2D eigenvalue weighted by Gasteiger charge is 2.30. The average Bonchev–Trinajstić information content (AvgIpc) is 2.91. The number of amides is 4. The summed E-state index contributed by atoms with van der Waals surface area (Å²) in [5, 5.41) is 2.78. The van der Waals surface area contributed by atoms with Crippen molar-refractivity contribution in [3.63, 3.8) is 0 Å². The molecule has 0 bridgehead atoms. The number of hydrogen-bond acceptors (Lipinski definition) is 7. The second-order valence-corrected chi connectivity index (χ2v) is 7.06. The summed E-state index contributed by atoms with van der Waals surface area (Å²) < 4.78 is 10.4. The number of nitrogens with zero attached hydrogens (tertiary/aromatic N) is 2. The van der Waals surface area contributed by atoms with E-state index in [2.05, 4.69) is 10.3 Å². The molecule has 2 N–H and O–H groups in total. The monoisotopic (exact) mass is 420 g/mol. The first-order valence-electron chi connectivity index (χ1n) is 9.65. The van der Waals surface area contributed by atoms with Gasteiger partial charge in [-0.1, -0.05) is 0 Å². The Morgan fingerprint density at radius 2 is 2.00 bits per heavy atom. The van der Waals surface area contributed by atoms with Crippen LogP contribution in [0.3, 0.4) is 0 Å². The van der Waals surface area contributed by atoms with Gasteiger partial charge in [0.1, 0.15) is 5.69 Å². The molecule has 30 heavy (non-hydrogen) atoms. The topological polar surface area (TPSA) is 138 Å². The van der Waals surface area contributed by atoms with Gasteiger partial charge in [-0.3, -0.25) is 28.9 Å². The van der Waals surface area contributed by atoms with E-state index in [9.17, 15) is 24.0 Å². The number of imide groups is 1. The normalized spacial score (nSPS) is 19.6. The van der Waals surface area contributed by atoms with Gasteiger partial charge in [0.25, 0.3) is 5.91 Å². The third kappa shape index (κ3) is 5.03. The van der Waals surface area contributed by atoms with Gasteiger partial charge in [0, 0.05) is 51.2 Å². The minimum absolute atomic E-state index is 0.0201. The summed E-state index contributed by atoms with van der Waals surface area (Å²) in [6, 6.07) is 0.712. The van der Waals surface area contributed by atoms with Gasteiger partial charge in [0.05, 0.1) is 26.4 Å². The van der Waals surface area contributed by atoms with Crippen molar-refractivity contribution < 1.29 is 28.7 Å². The van der Waals surface area contributed by atoms with Gasteiger partial charge in [0.15, 0.2) is 5.75 Å². The lowest BCUT2D eigenvalue weighted by Gasteiger charge is -2.24. The Bertz CT molecular complexity index is 881. The van der Waals surface area contributed by atoms with Crippen LogP contribution in [0.5, 0.6) is 5.75 Å². The van der Waals surface area contributed by atoms with Crippen LogP contribution in [-0.2, 0) is 19.1 Å². The highest BCUT2D eigenvalue weighted by atomic mass is 16.5. The predicted octanol–water partition coefficient (Wildman–Crippen LogP) is -1.12. The minimum Gasteiger partial charge on any atom is -0.491 e. The first-order valence-corrected chi connectivity index (χ1v) is 9.65. The molecule has 3 rings (SSSR count). The lowest BCUT2D eigenvalue weighted by molar-refractivity contribution is -0.138. The van der Waals surface area contributed by atoms with Gasteiger partial charge in [-0.2, -0.15) is 0 Å². The smallest absolute Gasteiger partial charge is 0.270 e. The number of ether oxygens (including phenoxy) is 2. The number of nitrogens with one attached hydrogen (secondary N) is 2. The van der Waals surface area contributed by atoms with E-state index in [4.69, 9.17) is 9.47 Å². The van der Waals surface area contributed by atoms with Crippen LogP contribution in [0.25, 0.3) is 0 Å². The van der Waals surface area contributed by atoms with Crippen LogP contribution >= 0.6 is 0 Å². The molecule has 0 radical (unpaired) electrons. The van der Waals surface area contributed by atoms with Crippen molar-refractivity contribution in [3.8, 4) is 5.75 Å². The zero-order valence-corrected chi connectivity index (χ0v) is 16.6. The molecule has 11 nitrogen and oxygen atoms in total. The first kappa shape index (κ1) is 21.5. The number of carbonyl (C=O) groups is 4. The van der Waals surface area contributed by atoms with Crippen molar-refractivity contribution in [1.82, 2.24) is 20.1 Å². The van der Waals surface area contributed by atoms with Crippen LogP contribution in [0.15, 0.2) is 17.1 Å². The number of carbonyl (C=O) groups excluding carboxylic acids is 4. The van der Waals surface area contributed by atoms with Crippen LogP contribution in [-0.4, -0.2) is 84.4 Å². The fourth-order valence-corrected chi connectivity index (χ4v) is 3.38. The summed E-state index contributed by atoms with van der Waals surface area (Å²) in [6.45, 7) is 1.04. The molecular formula is C19H24N4O7. The number of methoxy groups -OCH3 is 1. The Morgan fingerprint density at radius 1 is 1.27 bits per heavy atom. The second-order valence-electron chi connectivity index (χ2n) is 7.06. The third-order valence-corrected chi connectivity index (χ3v) is 4.96. The Kier molecular flexibility index (Phi) is 6.83. The van der Waals surface area contributed by atoms with E-state index >= 15 is 0 Å². The molecule has 2 aliphatic heterocycles. The fourth-order valence-electron chi connectivity index (χ4n) is 3.38. The SMILES string of the molecule is COc1c[nH]c(C(=O)N2CCOCC(NC(=O)CCN3C(=O)CCC3=O)C2)cc1=O. The van der Waals surface area contributed by atoms with E-state index in [1.807, 2.05) is 0 Å². The van der Waals surface area contributed by atoms with Crippen LogP contribution in [0.2, 0.25) is 0 Å². The van der Waals surface area contributed by atoms with Gasteiger partial charge < -0.3 is 24.7 Å². The molecule has 162 valence electrons. The van der Waals surface area contributed by atoms with Crippen LogP contribution < -0.4 is 15.5 Å². The van der Waals surface area contributed by atoms with E-state index in [0.717, 1.165) is 4.90 Å². The van der Waals surface area contributed by atoms with Crippen LogP contribution in [0.1, 0.15) is 29.8 Å². The van der Waals surface area contributed by atoms with Gasteiger partial charge >= 0.3 is 0 Å². The van der Waals surface area contributed by atoms with Crippen molar-refractivity contribution in [2.75, 3.05) is 40.0 Å². The number of pyridine rings is 1. The van der Waals surface area contributed by atoms with Gasteiger partial charge in [-0.05, 0) is 0 Å². The number of aromatic amines is 1. The molecule has 1 aromatic heterocycles. The van der Waals surface area contributed by atoms with Crippen LogP contribution in [0, 0.1) is 0 Å². The maximum absolute atomic E-state index is 12.8. The van der Waals surface area contributed by atoms with Crippen molar-refractivity contribution in [1.29, 1.82) is 0 Å². The lowest BCUT2D eigenvalue weighted by atomic mass is 10.2. The molecule has 2 aliphatic rings. The zero-order valence-electron chi connectivity index (χ0n) is 16.6. The number of aromatic nitrogens is 1. The van der Waals surface area contributed by atoms with Crippen molar-refractivity contribution in [2.45, 2.75) is 25.3 Å². The molecule has 3 heterocycles. The van der Waals surface area contributed by atoms with Gasteiger partial charge in [-0.25, -0.2) is 0 Å². The average molecular weight is 420 g/mol. The van der Waals surface area contributed by atoms with E-state index in [1.54, 1.807) is 0 Å². The summed E-state index contributed by atoms with van der Waals surface area (Å²) in [6.07, 6.45) is 1.67. The molecule has 1 unspecified atom stereocenters. The molecule has 0 aromatic carbocycles. The predicted molar refractivity (Wildman–Crippen MR) is 103 cm³/mol. The van der Waals surface area contributed by atoms with Gasteiger partial charge in [0.2, 0.25) is 23.2 Å². The molecule has 1 atom stereocenters. The lowest BCUT2D eigenvalue weighted by Crippen LogP contribution is -2.47. The number of H-pyrrole nitrogens is 1. The first-order chi connectivity index (χ1) is 14.4. The summed E-state index contributed by atoms with van der Waals surface area (Å²) in [5.74, 6) is -1.17. The third-order valence-electron chi connectivity index (χ3n) is 4.96. The maximum atomic E-state index is 12.8. The second kappa shape index (κ2) is 9.53. The number of hydrogen-bond donors (Lipinski definition) is 2. The molecule has 0 saturated carbocycles. The van der Waals surface area contributed by atoms with E-state index in [0.29, 0.717) is 6.54 Å². The molecule has 11 heteroatoms. The molecule has 1 aromatic rings. The molecular weight excluding hydrogens is 396 g/mol. The minimum atomic E-state index is -0.459. The standard InChI is InChI=1S/C19H24N4O7/c1-29-15-9-20-13(8-14(15)24)19(28)22-6-7-30-11-12(10-22)21-16(25)4-5-23-17(26)2-3-18(23)27/h8-9,12H,2-7,10-11H2,1H3,(H,20,24)(H,21,25). The molecule has 4 amide bonds. The zero-order chi connectivity index (χ0) is 21.7. The molecule has 2 saturated heterocycles. The molecule has 0 aliphatic carbocycles. The Morgan fingerprint density at radius 3 is 2.67 bits per heavy atom. The quantitative estimate of drug-likeness (QED) is 0.556. The fraction of sp³-hybridized carbons (Fsp3) is 0.526. The molecule has 2 fully saturated rings. The number of likely N-dealkylation sites (tertiary alicyclic amines) is 1. The largest absolute Gasteiger partial charge is 0.491 e. The van der Waals surface area contributed by atoms with Gasteiger partial charge in [-0.15, -0.1) is 0 Å². The Labute approximate surface area is 172 Å². The Balaban J connectivity index is 1.57. The summed E-state index contributed by atoms with van der Waals surface area (Å²) in [7, 11) is 1.36. The van der Waals surface area contributed by atoms with E-state index in [1.165, 1.54) is 24.3 Å². The summed E-state index contributed by atoms with van der Waals surface area (Å²) >= 11 is 0. The summed E-state index contributed by atoms with van der Waals surface area (Å²) in [4.78, 5) is 65.5. The van der Waals surface area contributed by atoms with Crippen molar-refractivity contribution in [3.05, 3.63) is 28.2 Å². The van der Waals surface area contributed by atoms with E-state index < -0.39 is 17.4 Å². The number of rotatable bonds is 6. The summed E-state index contributed by atoms with van der Waals surface area (Å²) in [5.41, 5.74) is -0.305. The highest BCUT2D eigenvalue weighted by Crippen LogP contribution is 2.12. The van der Waals surface area contributed by atoms with Crippen molar-refractivity contribution >= 4 is 23.6 Å². The van der Waals surface area contributed by atoms with Crippen molar-refractivity contribution in [2.24, 2.45) is 0 Å². The Hall–Kier alpha value is -3.21. The highest BCUT2D eigenvalue weighted by molar-refractivity contribution is 6.02. The molecule has 0 spiro atoms. The van der Waals surface area contributed by atoms with Crippen LogP contribution in [0.4, 0.5) is 0 Å².